The van der Waals surface area contributed by atoms with E-state index in [4.69, 9.17) is 25.5 Å². The average molecular weight is 402 g/mol. The van der Waals surface area contributed by atoms with Gasteiger partial charge in [-0.2, -0.15) is 0 Å². The summed E-state index contributed by atoms with van der Waals surface area (Å²) in [5, 5.41) is 3.96. The van der Waals surface area contributed by atoms with E-state index in [9.17, 15) is 9.59 Å². The lowest BCUT2D eigenvalue weighted by atomic mass is 10.1. The number of benzene rings is 2. The van der Waals surface area contributed by atoms with Crippen molar-refractivity contribution in [3.63, 3.8) is 0 Å². The molecule has 1 heterocycles. The molecule has 0 fully saturated rings. The standard InChI is InChI=1S/C21H20ClNO5/c1-3-26-11-16-15-6-4-5-7-18(15)28-20(16)21(25)27-12-19(24)23-14-9-8-13(2)17(22)10-14/h4-10H,3,11-12H2,1-2H3,(H,23,24). The van der Waals surface area contributed by atoms with Crippen LogP contribution in [-0.4, -0.2) is 25.1 Å². The number of amides is 1. The second-order valence-corrected chi connectivity index (χ2v) is 6.54. The highest BCUT2D eigenvalue weighted by molar-refractivity contribution is 6.31. The highest BCUT2D eigenvalue weighted by Crippen LogP contribution is 2.27. The summed E-state index contributed by atoms with van der Waals surface area (Å²) in [6, 6.07) is 12.4. The van der Waals surface area contributed by atoms with Crippen molar-refractivity contribution in [2.75, 3.05) is 18.5 Å². The molecule has 3 aromatic rings. The number of esters is 1. The fourth-order valence-electron chi connectivity index (χ4n) is 2.68. The van der Waals surface area contributed by atoms with Crippen LogP contribution in [0, 0.1) is 6.92 Å². The number of halogens is 1. The summed E-state index contributed by atoms with van der Waals surface area (Å²) in [6.07, 6.45) is 0. The predicted octanol–water partition coefficient (Wildman–Crippen LogP) is 4.73. The monoisotopic (exact) mass is 401 g/mol. The molecule has 1 amide bonds. The van der Waals surface area contributed by atoms with Gasteiger partial charge in [-0.05, 0) is 37.6 Å². The Balaban J connectivity index is 1.68. The van der Waals surface area contributed by atoms with Gasteiger partial charge in [-0.3, -0.25) is 4.79 Å². The summed E-state index contributed by atoms with van der Waals surface area (Å²) >= 11 is 6.04. The van der Waals surface area contributed by atoms with Gasteiger partial charge >= 0.3 is 5.97 Å². The lowest BCUT2D eigenvalue weighted by Crippen LogP contribution is -2.21. The van der Waals surface area contributed by atoms with Crippen LogP contribution >= 0.6 is 11.6 Å². The maximum absolute atomic E-state index is 12.5. The molecule has 0 radical (unpaired) electrons. The molecule has 0 saturated carbocycles. The van der Waals surface area contributed by atoms with E-state index in [-0.39, 0.29) is 12.4 Å². The van der Waals surface area contributed by atoms with E-state index < -0.39 is 18.5 Å². The average Bonchev–Trinajstić information content (AvgIpc) is 3.06. The zero-order valence-corrected chi connectivity index (χ0v) is 16.3. The molecule has 0 atom stereocenters. The highest BCUT2D eigenvalue weighted by Gasteiger charge is 2.22. The third-order valence-electron chi connectivity index (χ3n) is 4.12. The summed E-state index contributed by atoms with van der Waals surface area (Å²) in [6.45, 7) is 3.99. The molecule has 1 N–H and O–H groups in total. The van der Waals surface area contributed by atoms with Crippen molar-refractivity contribution in [3.05, 3.63) is 64.4 Å². The number of anilines is 1. The molecule has 0 saturated heterocycles. The van der Waals surface area contributed by atoms with E-state index in [0.29, 0.717) is 28.5 Å². The summed E-state index contributed by atoms with van der Waals surface area (Å²) < 4.78 is 16.2. The molecule has 146 valence electrons. The van der Waals surface area contributed by atoms with Crippen LogP contribution in [0.4, 0.5) is 5.69 Å². The molecular formula is C21H20ClNO5. The van der Waals surface area contributed by atoms with Crippen molar-refractivity contribution < 1.29 is 23.5 Å². The number of nitrogens with one attached hydrogen (secondary N) is 1. The van der Waals surface area contributed by atoms with E-state index in [1.54, 1.807) is 24.3 Å². The van der Waals surface area contributed by atoms with Gasteiger partial charge in [-0.15, -0.1) is 0 Å². The molecule has 1 aromatic heterocycles. The van der Waals surface area contributed by atoms with E-state index in [1.807, 2.05) is 32.0 Å². The first-order valence-corrected chi connectivity index (χ1v) is 9.18. The van der Waals surface area contributed by atoms with Crippen LogP contribution in [0.5, 0.6) is 0 Å². The zero-order chi connectivity index (χ0) is 20.1. The number of hydrogen-bond donors (Lipinski definition) is 1. The molecule has 6 nitrogen and oxygen atoms in total. The number of carbonyl (C=O) groups excluding carboxylic acids is 2. The third-order valence-corrected chi connectivity index (χ3v) is 4.53. The smallest absolute Gasteiger partial charge is 0.375 e. The molecule has 0 spiro atoms. The molecule has 0 aliphatic rings. The number of carbonyl (C=O) groups is 2. The first-order valence-electron chi connectivity index (χ1n) is 8.81. The molecular weight excluding hydrogens is 382 g/mol. The van der Waals surface area contributed by atoms with Gasteiger partial charge in [0.05, 0.1) is 6.61 Å². The number of para-hydroxylation sites is 1. The lowest BCUT2D eigenvalue weighted by molar-refractivity contribution is -0.119. The van der Waals surface area contributed by atoms with Crippen LogP contribution in [0.1, 0.15) is 28.6 Å². The van der Waals surface area contributed by atoms with Crippen molar-refractivity contribution in [2.24, 2.45) is 0 Å². The van der Waals surface area contributed by atoms with Gasteiger partial charge in [0.15, 0.2) is 6.61 Å². The SMILES string of the molecule is CCOCc1c(C(=O)OCC(=O)Nc2ccc(C)c(Cl)c2)oc2ccccc12. The zero-order valence-electron chi connectivity index (χ0n) is 15.6. The second-order valence-electron chi connectivity index (χ2n) is 6.13. The fourth-order valence-corrected chi connectivity index (χ4v) is 2.86. The first kappa shape index (κ1) is 19.9. The fraction of sp³-hybridized carbons (Fsp3) is 0.238. The Morgan fingerprint density at radius 3 is 2.71 bits per heavy atom. The van der Waals surface area contributed by atoms with Gasteiger partial charge in [0, 0.05) is 28.3 Å². The van der Waals surface area contributed by atoms with Crippen LogP contribution in [0.2, 0.25) is 5.02 Å². The summed E-state index contributed by atoms with van der Waals surface area (Å²) in [5.41, 5.74) is 2.59. The maximum atomic E-state index is 12.5. The minimum absolute atomic E-state index is 0.0424. The second kappa shape index (κ2) is 8.91. The van der Waals surface area contributed by atoms with Gasteiger partial charge < -0.3 is 19.2 Å². The molecule has 3 rings (SSSR count). The van der Waals surface area contributed by atoms with Crippen molar-refractivity contribution >= 4 is 40.1 Å². The van der Waals surface area contributed by atoms with Crippen molar-refractivity contribution in [3.8, 4) is 0 Å². The third kappa shape index (κ3) is 4.52. The van der Waals surface area contributed by atoms with E-state index >= 15 is 0 Å². The molecule has 0 aliphatic carbocycles. The van der Waals surface area contributed by atoms with Gasteiger partial charge in [0.1, 0.15) is 5.58 Å². The van der Waals surface area contributed by atoms with Gasteiger partial charge in [0.25, 0.3) is 5.91 Å². The number of ether oxygens (including phenoxy) is 2. The lowest BCUT2D eigenvalue weighted by Gasteiger charge is -2.08. The number of hydrogen-bond acceptors (Lipinski definition) is 5. The topological polar surface area (TPSA) is 77.8 Å². The number of rotatable bonds is 7. The Morgan fingerprint density at radius 1 is 1.18 bits per heavy atom. The number of fused-ring (bicyclic) bond motifs is 1. The Labute approximate surface area is 167 Å². The highest BCUT2D eigenvalue weighted by atomic mass is 35.5. The largest absolute Gasteiger partial charge is 0.450 e. The number of furan rings is 1. The minimum atomic E-state index is -0.719. The first-order chi connectivity index (χ1) is 13.5. The van der Waals surface area contributed by atoms with Crippen LogP contribution in [0.25, 0.3) is 11.0 Å². The van der Waals surface area contributed by atoms with Crippen molar-refractivity contribution in [1.82, 2.24) is 0 Å². The minimum Gasteiger partial charge on any atom is -0.450 e. The Bertz CT molecular complexity index is 1010. The van der Waals surface area contributed by atoms with Crippen LogP contribution < -0.4 is 5.32 Å². The summed E-state index contributed by atoms with van der Waals surface area (Å²) in [5.74, 6) is -1.15. The van der Waals surface area contributed by atoms with Gasteiger partial charge in [-0.25, -0.2) is 4.79 Å². The molecule has 0 bridgehead atoms. The number of aryl methyl sites for hydroxylation is 1. The van der Waals surface area contributed by atoms with Crippen molar-refractivity contribution in [2.45, 2.75) is 20.5 Å². The molecule has 0 unspecified atom stereocenters. The maximum Gasteiger partial charge on any atom is 0.375 e. The molecule has 0 aliphatic heterocycles. The Morgan fingerprint density at radius 2 is 1.96 bits per heavy atom. The van der Waals surface area contributed by atoms with Gasteiger partial charge in [-0.1, -0.05) is 35.9 Å². The quantitative estimate of drug-likeness (QED) is 0.579. The van der Waals surface area contributed by atoms with E-state index in [2.05, 4.69) is 5.32 Å². The summed E-state index contributed by atoms with van der Waals surface area (Å²) in [7, 11) is 0. The molecule has 2 aromatic carbocycles. The van der Waals surface area contributed by atoms with Crippen LogP contribution in [-0.2, 0) is 20.9 Å². The summed E-state index contributed by atoms with van der Waals surface area (Å²) in [4.78, 5) is 24.6. The predicted molar refractivity (Wildman–Crippen MR) is 107 cm³/mol. The van der Waals surface area contributed by atoms with Crippen LogP contribution in [0.3, 0.4) is 0 Å². The van der Waals surface area contributed by atoms with Crippen molar-refractivity contribution in [1.29, 1.82) is 0 Å². The Hall–Kier alpha value is -2.83. The molecule has 28 heavy (non-hydrogen) atoms. The van der Waals surface area contributed by atoms with Gasteiger partial charge in [0.2, 0.25) is 5.76 Å². The normalized spacial score (nSPS) is 10.8. The van der Waals surface area contributed by atoms with E-state index in [0.717, 1.165) is 10.9 Å². The van der Waals surface area contributed by atoms with Crippen LogP contribution in [0.15, 0.2) is 46.9 Å². The van der Waals surface area contributed by atoms with E-state index in [1.165, 1.54) is 0 Å². The molecule has 7 heteroatoms. The Kier molecular flexibility index (Phi) is 6.34.